The Morgan fingerprint density at radius 1 is 1.29 bits per heavy atom. The van der Waals surface area contributed by atoms with E-state index in [1.807, 2.05) is 19.2 Å². The molecular formula is C22H34FN3O2. The van der Waals surface area contributed by atoms with Crippen molar-refractivity contribution < 1.29 is 13.9 Å². The molecule has 0 bridgehead atoms. The van der Waals surface area contributed by atoms with Gasteiger partial charge in [0, 0.05) is 33.9 Å². The average molecular weight is 392 g/mol. The van der Waals surface area contributed by atoms with E-state index in [0.717, 1.165) is 37.6 Å². The zero-order chi connectivity index (χ0) is 20.0. The molecule has 5 nitrogen and oxygen atoms in total. The Balaban J connectivity index is 1.64. The first-order valence-corrected chi connectivity index (χ1v) is 10.4. The lowest BCUT2D eigenvalue weighted by Crippen LogP contribution is -2.52. The number of halogens is 1. The van der Waals surface area contributed by atoms with Crippen molar-refractivity contribution in [3.05, 3.63) is 35.6 Å². The molecule has 2 unspecified atom stereocenters. The van der Waals surface area contributed by atoms with E-state index < -0.39 is 0 Å². The molecule has 1 aliphatic carbocycles. The summed E-state index contributed by atoms with van der Waals surface area (Å²) in [6, 6.07) is 6.61. The van der Waals surface area contributed by atoms with Crippen LogP contribution < -0.4 is 5.32 Å². The number of nitrogens with one attached hydrogen (secondary N) is 1. The lowest BCUT2D eigenvalue weighted by molar-refractivity contribution is -0.0606. The van der Waals surface area contributed by atoms with E-state index in [1.54, 1.807) is 7.11 Å². The highest BCUT2D eigenvalue weighted by molar-refractivity contribution is 5.80. The molecule has 2 atom stereocenters. The molecule has 2 aliphatic rings. The molecule has 1 saturated heterocycles. The van der Waals surface area contributed by atoms with Crippen LogP contribution in [0.25, 0.3) is 0 Å². The topological polar surface area (TPSA) is 46.1 Å². The molecule has 0 aromatic heterocycles. The van der Waals surface area contributed by atoms with Crippen molar-refractivity contribution in [2.75, 3.05) is 40.4 Å². The summed E-state index contributed by atoms with van der Waals surface area (Å²) in [6.07, 6.45) is 6.17. The van der Waals surface area contributed by atoms with Crippen LogP contribution in [-0.2, 0) is 9.47 Å². The number of morpholine rings is 1. The molecule has 1 aliphatic heterocycles. The van der Waals surface area contributed by atoms with E-state index in [-0.39, 0.29) is 18.0 Å². The van der Waals surface area contributed by atoms with Crippen molar-refractivity contribution in [3.8, 4) is 0 Å². The SMILES string of the molecule is CN=C(NCC1(CCOC)CCCC1)N1CC(C)OC(c2ccc(F)cc2)C1. The summed E-state index contributed by atoms with van der Waals surface area (Å²) in [4.78, 5) is 6.81. The second kappa shape index (κ2) is 9.70. The predicted molar refractivity (Wildman–Crippen MR) is 110 cm³/mol. The van der Waals surface area contributed by atoms with Crippen LogP contribution in [0.15, 0.2) is 29.3 Å². The van der Waals surface area contributed by atoms with Gasteiger partial charge in [0.1, 0.15) is 11.9 Å². The first kappa shape index (κ1) is 21.1. The second-order valence-electron chi connectivity index (χ2n) is 8.24. The van der Waals surface area contributed by atoms with E-state index in [9.17, 15) is 4.39 Å². The summed E-state index contributed by atoms with van der Waals surface area (Å²) in [7, 11) is 3.62. The molecule has 156 valence electrons. The third-order valence-electron chi connectivity index (χ3n) is 6.14. The smallest absolute Gasteiger partial charge is 0.193 e. The standard InChI is InChI=1S/C22H34FN3O2/c1-17-14-26(15-20(28-17)18-6-8-19(23)9-7-18)21(24-2)25-16-22(12-13-27-3)10-4-5-11-22/h6-9,17,20H,4-5,10-16H2,1-3H3,(H,24,25). The first-order valence-electron chi connectivity index (χ1n) is 10.4. The molecule has 1 heterocycles. The predicted octanol–water partition coefficient (Wildman–Crippen LogP) is 3.76. The normalized spacial score (nSPS) is 25.1. The maximum absolute atomic E-state index is 13.3. The van der Waals surface area contributed by atoms with E-state index in [0.29, 0.717) is 12.0 Å². The Morgan fingerprint density at radius 2 is 2.00 bits per heavy atom. The lowest BCUT2D eigenvalue weighted by atomic mass is 9.83. The van der Waals surface area contributed by atoms with Gasteiger partial charge in [0.05, 0.1) is 12.6 Å². The van der Waals surface area contributed by atoms with Gasteiger partial charge < -0.3 is 19.7 Å². The fourth-order valence-electron chi connectivity index (χ4n) is 4.54. The Morgan fingerprint density at radius 3 is 2.64 bits per heavy atom. The van der Waals surface area contributed by atoms with Gasteiger partial charge in [0.15, 0.2) is 5.96 Å². The van der Waals surface area contributed by atoms with Crippen LogP contribution in [0.5, 0.6) is 0 Å². The van der Waals surface area contributed by atoms with E-state index in [1.165, 1.54) is 37.8 Å². The molecule has 2 fully saturated rings. The zero-order valence-electron chi connectivity index (χ0n) is 17.4. The average Bonchev–Trinajstić information content (AvgIpc) is 3.16. The third kappa shape index (κ3) is 5.23. The van der Waals surface area contributed by atoms with Gasteiger partial charge >= 0.3 is 0 Å². The summed E-state index contributed by atoms with van der Waals surface area (Å²) in [5.74, 6) is 0.700. The van der Waals surface area contributed by atoms with Crippen LogP contribution in [0.2, 0.25) is 0 Å². The van der Waals surface area contributed by atoms with Gasteiger partial charge in [-0.25, -0.2) is 4.39 Å². The summed E-state index contributed by atoms with van der Waals surface area (Å²) in [5.41, 5.74) is 1.31. The van der Waals surface area contributed by atoms with Crippen LogP contribution >= 0.6 is 0 Å². The number of aliphatic imine (C=N–C) groups is 1. The molecule has 1 saturated carbocycles. The van der Waals surface area contributed by atoms with Gasteiger partial charge in [0.25, 0.3) is 0 Å². The molecule has 6 heteroatoms. The van der Waals surface area contributed by atoms with Crippen LogP contribution in [0, 0.1) is 11.2 Å². The fraction of sp³-hybridized carbons (Fsp3) is 0.682. The molecular weight excluding hydrogens is 357 g/mol. The molecule has 0 radical (unpaired) electrons. The van der Waals surface area contributed by atoms with Crippen LogP contribution in [-0.4, -0.2) is 57.4 Å². The largest absolute Gasteiger partial charge is 0.385 e. The van der Waals surface area contributed by atoms with Crippen LogP contribution in [0.3, 0.4) is 0 Å². The minimum absolute atomic E-state index is 0.0799. The Hall–Kier alpha value is -1.66. The van der Waals surface area contributed by atoms with Gasteiger partial charge in [-0.1, -0.05) is 25.0 Å². The minimum atomic E-state index is -0.222. The zero-order valence-corrected chi connectivity index (χ0v) is 17.4. The van der Waals surface area contributed by atoms with Crippen molar-refractivity contribution >= 4 is 5.96 Å². The van der Waals surface area contributed by atoms with E-state index in [4.69, 9.17) is 9.47 Å². The Bertz CT molecular complexity index is 644. The summed E-state index contributed by atoms with van der Waals surface area (Å²) in [5, 5.41) is 3.64. The molecule has 0 amide bonds. The van der Waals surface area contributed by atoms with Crippen molar-refractivity contribution in [3.63, 3.8) is 0 Å². The van der Waals surface area contributed by atoms with Crippen LogP contribution in [0.4, 0.5) is 4.39 Å². The number of hydrogen-bond donors (Lipinski definition) is 1. The van der Waals surface area contributed by atoms with Gasteiger partial charge in [-0.05, 0) is 49.3 Å². The second-order valence-corrected chi connectivity index (χ2v) is 8.24. The Kier molecular flexibility index (Phi) is 7.30. The number of ether oxygens (including phenoxy) is 2. The van der Waals surface area contributed by atoms with Gasteiger partial charge in [0.2, 0.25) is 0 Å². The number of guanidine groups is 1. The quantitative estimate of drug-likeness (QED) is 0.592. The summed E-state index contributed by atoms with van der Waals surface area (Å²) >= 11 is 0. The highest BCUT2D eigenvalue weighted by Gasteiger charge is 2.35. The lowest BCUT2D eigenvalue weighted by Gasteiger charge is -2.40. The molecule has 1 N–H and O–H groups in total. The van der Waals surface area contributed by atoms with Crippen LogP contribution in [0.1, 0.15) is 50.7 Å². The fourth-order valence-corrected chi connectivity index (χ4v) is 4.54. The van der Waals surface area contributed by atoms with Crippen molar-refractivity contribution in [1.82, 2.24) is 10.2 Å². The molecule has 3 rings (SSSR count). The number of hydrogen-bond acceptors (Lipinski definition) is 3. The van der Waals surface area contributed by atoms with E-state index >= 15 is 0 Å². The maximum Gasteiger partial charge on any atom is 0.193 e. The third-order valence-corrected chi connectivity index (χ3v) is 6.14. The highest BCUT2D eigenvalue weighted by Crippen LogP contribution is 2.40. The van der Waals surface area contributed by atoms with Crippen molar-refractivity contribution in [2.45, 2.75) is 51.2 Å². The van der Waals surface area contributed by atoms with Gasteiger partial charge in [-0.15, -0.1) is 0 Å². The number of nitrogens with zero attached hydrogens (tertiary/aromatic N) is 2. The molecule has 0 spiro atoms. The summed E-state index contributed by atoms with van der Waals surface area (Å²) < 4.78 is 24.8. The summed E-state index contributed by atoms with van der Waals surface area (Å²) in [6.45, 7) is 5.31. The van der Waals surface area contributed by atoms with Gasteiger partial charge in [-0.2, -0.15) is 0 Å². The number of rotatable bonds is 6. The number of methoxy groups -OCH3 is 1. The molecule has 28 heavy (non-hydrogen) atoms. The highest BCUT2D eigenvalue weighted by atomic mass is 19.1. The molecule has 1 aromatic rings. The molecule has 1 aromatic carbocycles. The Labute approximate surface area is 168 Å². The van der Waals surface area contributed by atoms with Crippen molar-refractivity contribution in [2.24, 2.45) is 10.4 Å². The van der Waals surface area contributed by atoms with E-state index in [2.05, 4.69) is 22.1 Å². The minimum Gasteiger partial charge on any atom is -0.385 e. The van der Waals surface area contributed by atoms with Crippen molar-refractivity contribution in [1.29, 1.82) is 0 Å². The number of benzene rings is 1. The monoisotopic (exact) mass is 391 g/mol. The van der Waals surface area contributed by atoms with Gasteiger partial charge in [-0.3, -0.25) is 4.99 Å². The first-order chi connectivity index (χ1) is 13.5. The maximum atomic E-state index is 13.3.